The van der Waals surface area contributed by atoms with Gasteiger partial charge < -0.3 is 9.15 Å². The van der Waals surface area contributed by atoms with E-state index in [1.165, 1.54) is 74.7 Å². The van der Waals surface area contributed by atoms with E-state index in [2.05, 4.69) is 25.5 Å². The molecule has 0 aromatic carbocycles. The van der Waals surface area contributed by atoms with E-state index < -0.39 is 0 Å². The lowest BCUT2D eigenvalue weighted by Gasteiger charge is -2.02. The molecule has 0 unspecified atom stereocenters. The van der Waals surface area contributed by atoms with Gasteiger partial charge in [-0.25, -0.2) is 0 Å². The van der Waals surface area contributed by atoms with Gasteiger partial charge in [-0.2, -0.15) is 0 Å². The van der Waals surface area contributed by atoms with Crippen LogP contribution in [-0.2, 0) is 22.4 Å². The molecule has 0 radical (unpaired) electrons. The zero-order chi connectivity index (χ0) is 17.8. The molecule has 138 valence electrons. The van der Waals surface area contributed by atoms with Gasteiger partial charge in [-0.3, -0.25) is 4.79 Å². The molecule has 0 bridgehead atoms. The third-order valence-electron chi connectivity index (χ3n) is 4.92. The van der Waals surface area contributed by atoms with Crippen molar-refractivity contribution in [3.05, 3.63) is 22.6 Å². The number of aryl methyl sites for hydroxylation is 2. The third kappa shape index (κ3) is 7.55. The molecule has 0 saturated carbocycles. The van der Waals surface area contributed by atoms with Gasteiger partial charge in [0.05, 0.1) is 7.11 Å². The summed E-state index contributed by atoms with van der Waals surface area (Å²) in [6.45, 7) is 6.64. The quantitative estimate of drug-likeness (QED) is 0.324. The van der Waals surface area contributed by atoms with E-state index >= 15 is 0 Å². The molecule has 0 spiro atoms. The Labute approximate surface area is 148 Å². The zero-order valence-corrected chi connectivity index (χ0v) is 16.2. The van der Waals surface area contributed by atoms with Crippen LogP contribution in [-0.4, -0.2) is 13.1 Å². The number of hydrogen-bond acceptors (Lipinski definition) is 3. The van der Waals surface area contributed by atoms with Gasteiger partial charge in [-0.15, -0.1) is 0 Å². The summed E-state index contributed by atoms with van der Waals surface area (Å²) in [7, 11) is 1.45. The Balaban J connectivity index is 2.24. The minimum atomic E-state index is -0.0943. The first-order valence-electron chi connectivity index (χ1n) is 9.74. The van der Waals surface area contributed by atoms with Crippen LogP contribution in [0.3, 0.4) is 0 Å². The molecule has 0 aliphatic rings. The molecule has 0 atom stereocenters. The van der Waals surface area contributed by atoms with Gasteiger partial charge in [0.2, 0.25) is 0 Å². The van der Waals surface area contributed by atoms with Crippen LogP contribution in [0, 0.1) is 13.8 Å². The Bertz CT molecular complexity index is 474. The number of carbonyl (C=O) groups is 1. The SMILES string of the molecule is CCCCCCc1oc(CCCCCCCC(=O)OC)c(C)c1C. The lowest BCUT2D eigenvalue weighted by atomic mass is 10.0. The predicted octanol–water partition coefficient (Wildman–Crippen LogP) is 6.08. The van der Waals surface area contributed by atoms with E-state index in [0.717, 1.165) is 25.7 Å². The van der Waals surface area contributed by atoms with Crippen LogP contribution in [0.25, 0.3) is 0 Å². The Kier molecular flexibility index (Phi) is 10.5. The van der Waals surface area contributed by atoms with Crippen molar-refractivity contribution in [3.63, 3.8) is 0 Å². The summed E-state index contributed by atoms with van der Waals surface area (Å²) in [4.78, 5) is 11.0. The van der Waals surface area contributed by atoms with Crippen LogP contribution in [0.4, 0.5) is 0 Å². The number of ether oxygens (including phenoxy) is 1. The van der Waals surface area contributed by atoms with Crippen LogP contribution >= 0.6 is 0 Å². The Morgan fingerprint density at radius 3 is 1.88 bits per heavy atom. The van der Waals surface area contributed by atoms with E-state index in [4.69, 9.17) is 4.42 Å². The van der Waals surface area contributed by atoms with Crippen molar-refractivity contribution in [2.24, 2.45) is 0 Å². The number of esters is 1. The summed E-state index contributed by atoms with van der Waals surface area (Å²) in [5.41, 5.74) is 2.71. The van der Waals surface area contributed by atoms with E-state index in [1.54, 1.807) is 0 Å². The van der Waals surface area contributed by atoms with Gasteiger partial charge in [0, 0.05) is 19.3 Å². The standard InChI is InChI=1S/C21H36O3/c1-5-6-7-11-14-19-17(2)18(3)20(24-19)15-12-9-8-10-13-16-21(22)23-4/h5-16H2,1-4H3. The minimum absolute atomic E-state index is 0.0943. The van der Waals surface area contributed by atoms with Gasteiger partial charge in [-0.05, 0) is 44.2 Å². The molecule has 0 N–H and O–H groups in total. The van der Waals surface area contributed by atoms with Crippen LogP contribution in [0.1, 0.15) is 93.8 Å². The average molecular weight is 337 g/mol. The minimum Gasteiger partial charge on any atom is -0.469 e. The fourth-order valence-electron chi connectivity index (χ4n) is 3.10. The zero-order valence-electron chi connectivity index (χ0n) is 16.2. The Hall–Kier alpha value is -1.25. The number of unbranched alkanes of at least 4 members (excludes halogenated alkanes) is 7. The summed E-state index contributed by atoms with van der Waals surface area (Å²) in [6, 6.07) is 0. The molecule has 24 heavy (non-hydrogen) atoms. The highest BCUT2D eigenvalue weighted by Gasteiger charge is 2.13. The van der Waals surface area contributed by atoms with Crippen molar-refractivity contribution >= 4 is 5.97 Å². The first-order chi connectivity index (χ1) is 11.6. The highest BCUT2D eigenvalue weighted by Crippen LogP contribution is 2.25. The summed E-state index contributed by atoms with van der Waals surface area (Å²) in [6.07, 6.45) is 13.4. The molecule has 1 rings (SSSR count). The molecule has 3 heteroatoms. The summed E-state index contributed by atoms with van der Waals surface area (Å²) in [5, 5.41) is 0. The number of furan rings is 1. The van der Waals surface area contributed by atoms with Crippen molar-refractivity contribution in [2.45, 2.75) is 97.8 Å². The van der Waals surface area contributed by atoms with Crippen molar-refractivity contribution < 1.29 is 13.9 Å². The normalized spacial score (nSPS) is 11.0. The number of methoxy groups -OCH3 is 1. The van der Waals surface area contributed by atoms with Crippen molar-refractivity contribution in [3.8, 4) is 0 Å². The largest absolute Gasteiger partial charge is 0.469 e. The monoisotopic (exact) mass is 336 g/mol. The smallest absolute Gasteiger partial charge is 0.305 e. The van der Waals surface area contributed by atoms with Gasteiger partial charge in [-0.1, -0.05) is 45.4 Å². The molecular formula is C21H36O3. The van der Waals surface area contributed by atoms with Gasteiger partial charge in [0.1, 0.15) is 11.5 Å². The van der Waals surface area contributed by atoms with Crippen LogP contribution in [0.5, 0.6) is 0 Å². The second-order valence-corrected chi connectivity index (χ2v) is 6.85. The lowest BCUT2D eigenvalue weighted by Crippen LogP contribution is -1.99. The van der Waals surface area contributed by atoms with Crippen LogP contribution < -0.4 is 0 Å². The maximum absolute atomic E-state index is 11.0. The van der Waals surface area contributed by atoms with Gasteiger partial charge in [0.25, 0.3) is 0 Å². The molecule has 0 fully saturated rings. The Morgan fingerprint density at radius 1 is 0.833 bits per heavy atom. The van der Waals surface area contributed by atoms with Crippen LogP contribution in [0.2, 0.25) is 0 Å². The molecule has 1 heterocycles. The molecule has 0 amide bonds. The van der Waals surface area contributed by atoms with Crippen molar-refractivity contribution in [1.82, 2.24) is 0 Å². The fourth-order valence-corrected chi connectivity index (χ4v) is 3.10. The summed E-state index contributed by atoms with van der Waals surface area (Å²) < 4.78 is 10.8. The maximum atomic E-state index is 11.0. The Morgan fingerprint density at radius 2 is 1.33 bits per heavy atom. The molecule has 3 nitrogen and oxygen atoms in total. The fraction of sp³-hybridized carbons (Fsp3) is 0.762. The first-order valence-corrected chi connectivity index (χ1v) is 9.74. The number of hydrogen-bond donors (Lipinski definition) is 0. The van der Waals surface area contributed by atoms with E-state index in [0.29, 0.717) is 6.42 Å². The maximum Gasteiger partial charge on any atom is 0.305 e. The van der Waals surface area contributed by atoms with E-state index in [1.807, 2.05) is 0 Å². The number of rotatable bonds is 13. The molecule has 1 aromatic rings. The second kappa shape index (κ2) is 12.2. The third-order valence-corrected chi connectivity index (χ3v) is 4.92. The lowest BCUT2D eigenvalue weighted by molar-refractivity contribution is -0.140. The van der Waals surface area contributed by atoms with Crippen LogP contribution in [0.15, 0.2) is 4.42 Å². The van der Waals surface area contributed by atoms with Gasteiger partial charge in [0.15, 0.2) is 0 Å². The number of carbonyl (C=O) groups excluding carboxylic acids is 1. The van der Waals surface area contributed by atoms with Gasteiger partial charge >= 0.3 is 5.97 Å². The first kappa shape index (κ1) is 20.8. The summed E-state index contributed by atoms with van der Waals surface area (Å²) >= 11 is 0. The molecular weight excluding hydrogens is 300 g/mol. The van der Waals surface area contributed by atoms with Crippen molar-refractivity contribution in [1.29, 1.82) is 0 Å². The van der Waals surface area contributed by atoms with E-state index in [9.17, 15) is 4.79 Å². The second-order valence-electron chi connectivity index (χ2n) is 6.85. The average Bonchev–Trinajstić information content (AvgIpc) is 2.85. The molecule has 0 saturated heterocycles. The van der Waals surface area contributed by atoms with E-state index in [-0.39, 0.29) is 5.97 Å². The topological polar surface area (TPSA) is 39.4 Å². The van der Waals surface area contributed by atoms with Crippen molar-refractivity contribution in [2.75, 3.05) is 7.11 Å². The highest BCUT2D eigenvalue weighted by atomic mass is 16.5. The predicted molar refractivity (Wildman–Crippen MR) is 99.5 cm³/mol. The highest BCUT2D eigenvalue weighted by molar-refractivity contribution is 5.68. The molecule has 1 aromatic heterocycles. The molecule has 0 aliphatic carbocycles. The molecule has 0 aliphatic heterocycles. The summed E-state index contributed by atoms with van der Waals surface area (Å²) in [5.74, 6) is 2.30.